The highest BCUT2D eigenvalue weighted by Gasteiger charge is 2.53. The molecule has 2 aliphatic heterocycles. The van der Waals surface area contributed by atoms with Gasteiger partial charge in [-0.1, -0.05) is 30.8 Å². The van der Waals surface area contributed by atoms with Crippen molar-refractivity contribution in [1.29, 1.82) is 5.26 Å². The van der Waals surface area contributed by atoms with Gasteiger partial charge in [-0.25, -0.2) is 4.79 Å². The van der Waals surface area contributed by atoms with Gasteiger partial charge in [-0.3, -0.25) is 0 Å². The average molecular weight is 392 g/mol. The standard InChI is InChI=1S/C20H12O5.CHNS/c21-11-5-7-15-17(9-11)24-18-10-12(22)6-8-16(18)20(15)14-4-2-1-3-13(14)19(23)25-20;2-1-3/h1-10,21-22H;3H/p+1. The summed E-state index contributed by atoms with van der Waals surface area (Å²) in [5.74, 6) is 0.408. The molecule has 6 nitrogen and oxygen atoms in total. The van der Waals surface area contributed by atoms with Crippen LogP contribution < -0.4 is 4.74 Å². The summed E-state index contributed by atoms with van der Waals surface area (Å²) >= 11 is 3.09. The zero-order valence-corrected chi connectivity index (χ0v) is 15.2. The van der Waals surface area contributed by atoms with Gasteiger partial charge in [-0.2, -0.15) is 5.26 Å². The third kappa shape index (κ3) is 2.47. The molecule has 0 radical (unpaired) electrons. The van der Waals surface area contributed by atoms with Crippen molar-refractivity contribution >= 4 is 18.6 Å². The van der Waals surface area contributed by atoms with Crippen molar-refractivity contribution in [2.24, 2.45) is 0 Å². The Hall–Kier alpha value is -3.63. The van der Waals surface area contributed by atoms with Crippen LogP contribution in [0.4, 0.5) is 0 Å². The number of esters is 1. The Labute approximate surface area is 167 Å². The normalized spacial score (nSPS) is 14.4. The second-order valence-electron chi connectivity index (χ2n) is 6.18. The number of thiol groups is 1. The number of fused-ring (bicyclic) bond motifs is 6. The van der Waals surface area contributed by atoms with E-state index >= 15 is 0 Å². The van der Waals surface area contributed by atoms with E-state index in [0.29, 0.717) is 33.8 Å². The van der Waals surface area contributed by atoms with E-state index in [1.54, 1.807) is 24.3 Å². The number of aromatic hydroxyl groups is 2. The smallest absolute Gasteiger partial charge is 0.508 e. The average Bonchev–Trinajstić information content (AvgIpc) is 2.96. The molecule has 0 unspecified atom stereocenters. The van der Waals surface area contributed by atoms with Crippen molar-refractivity contribution in [1.82, 2.24) is 0 Å². The highest BCUT2D eigenvalue weighted by Crippen LogP contribution is 2.56. The Bertz CT molecular complexity index is 1110. The number of hydrogen-bond acceptors (Lipinski definition) is 7. The van der Waals surface area contributed by atoms with Crippen LogP contribution in [-0.2, 0) is 10.3 Å². The van der Waals surface area contributed by atoms with Gasteiger partial charge in [0.15, 0.2) is 5.60 Å². The minimum Gasteiger partial charge on any atom is -0.508 e. The molecule has 0 amide bonds. The lowest BCUT2D eigenvalue weighted by molar-refractivity contribution is 0.0224. The predicted octanol–water partition coefficient (Wildman–Crippen LogP) is 4.18. The molecule has 5 rings (SSSR count). The van der Waals surface area contributed by atoms with Gasteiger partial charge < -0.3 is 19.7 Å². The second-order valence-corrected chi connectivity index (χ2v) is 6.38. The summed E-state index contributed by atoms with van der Waals surface area (Å²) in [4.78, 5) is 12.5. The molecular weight excluding hydrogens is 378 g/mol. The number of thiocyanates is 1. The van der Waals surface area contributed by atoms with Gasteiger partial charge in [0.25, 0.3) is 0 Å². The first-order chi connectivity index (χ1) is 13.5. The maximum absolute atomic E-state index is 12.5. The van der Waals surface area contributed by atoms with Crippen molar-refractivity contribution in [3.8, 4) is 28.4 Å². The van der Waals surface area contributed by atoms with Crippen LogP contribution in [0.3, 0.4) is 0 Å². The molecule has 1 spiro atoms. The molecule has 3 aromatic carbocycles. The van der Waals surface area contributed by atoms with Crippen LogP contribution in [0.15, 0.2) is 60.7 Å². The van der Waals surface area contributed by atoms with Crippen LogP contribution in [0.25, 0.3) is 0 Å². The largest absolute Gasteiger partial charge is 1.00 e. The molecule has 2 N–H and O–H groups in total. The first kappa shape index (κ1) is 17.8. The van der Waals surface area contributed by atoms with Crippen LogP contribution in [0, 0.1) is 10.7 Å². The fraction of sp³-hybridized carbons (Fsp3) is 0.0476. The van der Waals surface area contributed by atoms with Crippen molar-refractivity contribution in [2.45, 2.75) is 5.60 Å². The molecule has 0 saturated heterocycles. The molecule has 0 aliphatic carbocycles. The van der Waals surface area contributed by atoms with E-state index in [-0.39, 0.29) is 12.9 Å². The zero-order valence-electron chi connectivity index (χ0n) is 15.3. The maximum atomic E-state index is 12.5. The fourth-order valence-corrected chi connectivity index (χ4v) is 3.65. The van der Waals surface area contributed by atoms with E-state index in [2.05, 4.69) is 12.6 Å². The van der Waals surface area contributed by atoms with Crippen molar-refractivity contribution in [3.63, 3.8) is 0 Å². The quantitative estimate of drug-likeness (QED) is 0.302. The monoisotopic (exact) mass is 392 g/mol. The highest BCUT2D eigenvalue weighted by molar-refractivity contribution is 7.85. The molecular formula is C21H14NO5S+. The first-order valence-corrected chi connectivity index (χ1v) is 8.67. The third-order valence-corrected chi connectivity index (χ3v) is 4.68. The highest BCUT2D eigenvalue weighted by atomic mass is 32.1. The number of benzene rings is 3. The van der Waals surface area contributed by atoms with E-state index in [4.69, 9.17) is 14.7 Å². The van der Waals surface area contributed by atoms with E-state index < -0.39 is 11.6 Å². The number of phenols is 2. The maximum Gasteiger partial charge on any atom is 1.00 e. The molecule has 0 aromatic heterocycles. The Morgan fingerprint density at radius 1 is 0.929 bits per heavy atom. The number of nitriles is 1. The summed E-state index contributed by atoms with van der Waals surface area (Å²) in [6.07, 6.45) is 0. The SMILES string of the molecule is N#CS.O=C1OC2(c3ccc(O)cc3Oc3cc(O)ccc32)c2ccccc21.[H+]. The minimum absolute atomic E-state index is 0. The van der Waals surface area contributed by atoms with E-state index in [1.807, 2.05) is 12.1 Å². The van der Waals surface area contributed by atoms with Gasteiger partial charge in [0.05, 0.1) is 5.56 Å². The van der Waals surface area contributed by atoms with Gasteiger partial charge in [0.2, 0.25) is 0 Å². The molecule has 2 heterocycles. The lowest BCUT2D eigenvalue weighted by atomic mass is 9.77. The lowest BCUT2D eigenvalue weighted by Gasteiger charge is -2.36. The number of nitrogens with zero attached hydrogens (tertiary/aromatic N) is 1. The summed E-state index contributed by atoms with van der Waals surface area (Å²) in [5, 5.41) is 28.3. The molecule has 28 heavy (non-hydrogen) atoms. The van der Waals surface area contributed by atoms with Crippen molar-refractivity contribution in [2.75, 3.05) is 0 Å². The molecule has 0 atom stereocenters. The summed E-state index contributed by atoms with van der Waals surface area (Å²) in [5.41, 5.74) is 1.28. The molecule has 0 saturated carbocycles. The van der Waals surface area contributed by atoms with E-state index in [9.17, 15) is 15.0 Å². The second kappa shape index (κ2) is 6.51. The van der Waals surface area contributed by atoms with Gasteiger partial charge >= 0.3 is 7.40 Å². The number of rotatable bonds is 0. The van der Waals surface area contributed by atoms with Crippen molar-refractivity contribution < 1.29 is 25.9 Å². The summed E-state index contributed by atoms with van der Waals surface area (Å²) in [6.45, 7) is 0. The Balaban J connectivity index is 0.000000568. The van der Waals surface area contributed by atoms with Crippen LogP contribution in [-0.4, -0.2) is 16.2 Å². The minimum atomic E-state index is -1.17. The third-order valence-electron chi connectivity index (χ3n) is 4.68. The van der Waals surface area contributed by atoms with Gasteiger partial charge in [-0.05, 0) is 30.3 Å². The molecule has 0 bridgehead atoms. The number of carbonyl (C=O) groups is 1. The van der Waals surface area contributed by atoms with Crippen LogP contribution in [0.1, 0.15) is 28.5 Å². The van der Waals surface area contributed by atoms with Crippen molar-refractivity contribution in [3.05, 3.63) is 82.9 Å². The van der Waals surface area contributed by atoms with Gasteiger partial charge in [0.1, 0.15) is 28.4 Å². The van der Waals surface area contributed by atoms with Crippen LogP contribution in [0.2, 0.25) is 0 Å². The molecule has 2 aliphatic rings. The summed E-state index contributed by atoms with van der Waals surface area (Å²) in [6, 6.07) is 16.6. The zero-order chi connectivity index (χ0) is 19.9. The first-order valence-electron chi connectivity index (χ1n) is 8.22. The number of carbonyl (C=O) groups excluding carboxylic acids is 1. The lowest BCUT2D eigenvalue weighted by Crippen LogP contribution is -2.32. The van der Waals surface area contributed by atoms with E-state index in [0.717, 1.165) is 0 Å². The van der Waals surface area contributed by atoms with Gasteiger partial charge in [0, 0.05) is 28.8 Å². The number of ether oxygens (including phenoxy) is 2. The molecule has 7 heteroatoms. The Morgan fingerprint density at radius 3 is 2.04 bits per heavy atom. The van der Waals surface area contributed by atoms with Crippen LogP contribution in [0.5, 0.6) is 23.0 Å². The Morgan fingerprint density at radius 2 is 1.46 bits per heavy atom. The molecule has 3 aromatic rings. The predicted molar refractivity (Wildman–Crippen MR) is 104 cm³/mol. The van der Waals surface area contributed by atoms with Gasteiger partial charge in [-0.15, -0.1) is 0 Å². The van der Waals surface area contributed by atoms with E-state index in [1.165, 1.54) is 29.7 Å². The topological polar surface area (TPSA) is 99.8 Å². The summed E-state index contributed by atoms with van der Waals surface area (Å²) in [7, 11) is 0. The molecule has 0 fully saturated rings. The fourth-order valence-electron chi connectivity index (χ4n) is 3.65. The number of hydrogen-bond donors (Lipinski definition) is 3. The van der Waals surface area contributed by atoms with Crippen LogP contribution >= 0.6 is 12.6 Å². The number of phenolic OH excluding ortho intramolecular Hbond substituents is 2. The summed E-state index contributed by atoms with van der Waals surface area (Å²) < 4.78 is 11.8. The molecule has 138 valence electrons. The Kier molecular flexibility index (Phi) is 4.13.